The molecule has 0 amide bonds. The molecule has 0 aromatic heterocycles. The Morgan fingerprint density at radius 1 is 0.526 bits per heavy atom. The Balaban J connectivity index is 1.49. The fourth-order valence-electron chi connectivity index (χ4n) is 5.41. The zero-order chi connectivity index (χ0) is 41.3. The Kier molecular flexibility index (Phi) is 17.5. The van der Waals surface area contributed by atoms with Crippen molar-refractivity contribution in [2.75, 3.05) is 60.5 Å². The Morgan fingerprint density at radius 3 is 1.18 bits per heavy atom. The summed E-state index contributed by atoms with van der Waals surface area (Å²) >= 11 is 0. The molecule has 4 aromatic carbocycles. The minimum absolute atomic E-state index is 0.101. The Bertz CT molecular complexity index is 1810. The average Bonchev–Trinajstić information content (AvgIpc) is 3.22. The number of unbranched alkanes of at least 4 members (excludes halogenated alkanes) is 2. The van der Waals surface area contributed by atoms with E-state index in [2.05, 4.69) is 0 Å². The van der Waals surface area contributed by atoms with Crippen molar-refractivity contribution in [3.05, 3.63) is 128 Å². The molecule has 0 N–H and O–H groups in total. The summed E-state index contributed by atoms with van der Waals surface area (Å²) in [5.41, 5.74) is 0.870. The number of ether oxygens (including phenoxy) is 4. The quantitative estimate of drug-likeness (QED) is 0.0253. The number of hydrogen-bond donors (Lipinski definition) is 0. The predicted octanol–water partition coefficient (Wildman–Crippen LogP) is 9.18. The lowest BCUT2D eigenvalue weighted by Gasteiger charge is -2.34. The van der Waals surface area contributed by atoms with Crippen molar-refractivity contribution < 1.29 is 47.0 Å². The maximum Gasteiger partial charge on any atom is 0.283 e. The predicted molar refractivity (Wildman–Crippen MR) is 217 cm³/mol. The molecular formula is C39H50N4O12P2. The second kappa shape index (κ2) is 22.2. The first-order valence-electron chi connectivity index (χ1n) is 18.2. The number of nitro benzene ring substituents is 2. The van der Waals surface area contributed by atoms with Crippen LogP contribution < -0.4 is 18.9 Å². The molecule has 0 heterocycles. The van der Waals surface area contributed by atoms with Gasteiger partial charge in [-0.05, 0) is 124 Å². The molecule has 0 radical (unpaired) electrons. The summed E-state index contributed by atoms with van der Waals surface area (Å²) in [4.78, 5) is 21.4. The van der Waals surface area contributed by atoms with Gasteiger partial charge in [-0.3, -0.25) is 29.4 Å². The summed E-state index contributed by atoms with van der Waals surface area (Å²) in [6.07, 6.45) is 2.36. The smallest absolute Gasteiger partial charge is 0.283 e. The highest BCUT2D eigenvalue weighted by molar-refractivity contribution is 7.73. The van der Waals surface area contributed by atoms with Crippen LogP contribution in [0.5, 0.6) is 23.0 Å². The number of rotatable bonds is 26. The molecule has 2 unspecified atom stereocenters. The van der Waals surface area contributed by atoms with Crippen LogP contribution in [0, 0.1) is 20.2 Å². The van der Waals surface area contributed by atoms with Crippen LogP contribution in [0.15, 0.2) is 97.1 Å². The van der Waals surface area contributed by atoms with Crippen LogP contribution in [-0.4, -0.2) is 79.7 Å². The van der Waals surface area contributed by atoms with E-state index in [1.54, 1.807) is 61.9 Å². The van der Waals surface area contributed by atoms with Crippen molar-refractivity contribution in [2.45, 2.75) is 38.9 Å². The van der Waals surface area contributed by atoms with Gasteiger partial charge < -0.3 is 28.0 Å². The van der Waals surface area contributed by atoms with E-state index in [-0.39, 0.29) is 24.6 Å². The first-order chi connectivity index (χ1) is 27.3. The van der Waals surface area contributed by atoms with Gasteiger partial charge in [0.1, 0.15) is 28.9 Å². The number of hydrogen-bond acceptors (Lipinski definition) is 12. The van der Waals surface area contributed by atoms with Gasteiger partial charge in [-0.15, -0.1) is 0 Å². The van der Waals surface area contributed by atoms with E-state index >= 15 is 9.13 Å². The minimum Gasteiger partial charge on any atom is -0.497 e. The van der Waals surface area contributed by atoms with E-state index in [4.69, 9.17) is 28.0 Å². The topological polar surface area (TPSA) is 182 Å². The summed E-state index contributed by atoms with van der Waals surface area (Å²) in [5, 5.41) is 22.4. The van der Waals surface area contributed by atoms with Gasteiger partial charge >= 0.3 is 0 Å². The molecule has 2 atom stereocenters. The highest BCUT2D eigenvalue weighted by Gasteiger charge is 2.42. The van der Waals surface area contributed by atoms with Gasteiger partial charge in [-0.2, -0.15) is 0 Å². The number of non-ortho nitro benzene ring substituents is 2. The maximum absolute atomic E-state index is 15.0. The molecule has 0 saturated heterocycles. The van der Waals surface area contributed by atoms with Crippen LogP contribution in [0.1, 0.15) is 36.8 Å². The molecule has 4 rings (SSSR count). The molecule has 0 saturated carbocycles. The van der Waals surface area contributed by atoms with Crippen LogP contribution in [0.2, 0.25) is 0 Å². The third-order valence-corrected chi connectivity index (χ3v) is 15.4. The van der Waals surface area contributed by atoms with Crippen LogP contribution in [0.3, 0.4) is 0 Å². The van der Waals surface area contributed by atoms with E-state index in [1.807, 2.05) is 24.3 Å². The molecule has 0 aliphatic carbocycles. The summed E-state index contributed by atoms with van der Waals surface area (Å²) in [6.45, 7) is 1.06. The van der Waals surface area contributed by atoms with Crippen molar-refractivity contribution in [1.82, 2.24) is 9.34 Å². The number of methoxy groups -OCH3 is 2. The molecule has 16 nitrogen and oxygen atoms in total. The van der Waals surface area contributed by atoms with Gasteiger partial charge in [-0.25, -0.2) is 9.34 Å². The van der Waals surface area contributed by atoms with Crippen molar-refractivity contribution >= 4 is 26.4 Å². The average molecular weight is 829 g/mol. The van der Waals surface area contributed by atoms with Crippen LogP contribution >= 0.6 is 15.0 Å². The SMILES string of the molecule is COc1ccc(OCCCCN(C)P(=O)(CP(=O)(OCc2ccc([N+](=O)[O-])cc2)N(C)CCCCOc2ccc(OC)cc2)OCc2ccc([N+](=O)[O-])cc2)cc1. The molecule has 0 aliphatic heterocycles. The van der Waals surface area contributed by atoms with Gasteiger partial charge in [0.25, 0.3) is 26.4 Å². The Labute approximate surface area is 332 Å². The summed E-state index contributed by atoms with van der Waals surface area (Å²) < 4.78 is 67.6. The second-order valence-corrected chi connectivity index (χ2v) is 18.6. The standard InChI is InChI=1S/C39H50N4O12P2/c1-40(25-5-7-27-52-38-21-17-36(50-3)18-22-38)56(48,54-29-32-9-13-34(14-10-32)42(44)45)31-57(49,55-30-33-11-15-35(16-12-33)43(46)47)41(2)26-6-8-28-53-39-23-19-37(51-4)20-24-39/h9-24H,5-8,25-31H2,1-4H3. The largest absolute Gasteiger partial charge is 0.497 e. The monoisotopic (exact) mass is 828 g/mol. The number of nitrogens with zero attached hydrogens (tertiary/aromatic N) is 4. The fraction of sp³-hybridized carbons (Fsp3) is 0.385. The van der Waals surface area contributed by atoms with Gasteiger partial charge in [-0.1, -0.05) is 0 Å². The van der Waals surface area contributed by atoms with Gasteiger partial charge in [0.05, 0.1) is 50.5 Å². The first kappa shape index (κ1) is 44.9. The lowest BCUT2D eigenvalue weighted by atomic mass is 10.2. The van der Waals surface area contributed by atoms with Crippen LogP contribution in [0.4, 0.5) is 11.4 Å². The third kappa shape index (κ3) is 14.3. The van der Waals surface area contributed by atoms with E-state index in [9.17, 15) is 20.2 Å². The van der Waals surface area contributed by atoms with Crippen LogP contribution in [0.25, 0.3) is 0 Å². The molecule has 57 heavy (non-hydrogen) atoms. The summed E-state index contributed by atoms with van der Waals surface area (Å²) in [7, 11) is -1.43. The zero-order valence-corrected chi connectivity index (χ0v) is 34.4. The normalized spacial score (nSPS) is 13.4. The number of benzene rings is 4. The molecular weight excluding hydrogens is 778 g/mol. The Morgan fingerprint density at radius 2 is 0.860 bits per heavy atom. The zero-order valence-electron chi connectivity index (χ0n) is 32.6. The van der Waals surface area contributed by atoms with Gasteiger partial charge in [0.15, 0.2) is 0 Å². The highest BCUT2D eigenvalue weighted by atomic mass is 31.2. The van der Waals surface area contributed by atoms with Crippen molar-refractivity contribution in [3.63, 3.8) is 0 Å². The number of nitro groups is 2. The van der Waals surface area contributed by atoms with Crippen molar-refractivity contribution in [1.29, 1.82) is 0 Å². The molecule has 0 spiro atoms. The van der Waals surface area contributed by atoms with Crippen LogP contribution in [-0.2, 0) is 31.4 Å². The van der Waals surface area contributed by atoms with Crippen molar-refractivity contribution in [3.8, 4) is 23.0 Å². The van der Waals surface area contributed by atoms with E-state index in [0.717, 1.165) is 0 Å². The molecule has 0 aliphatic rings. The first-order valence-corrected chi connectivity index (χ1v) is 21.8. The Hall–Kier alpha value is -4.82. The van der Waals surface area contributed by atoms with E-state index in [1.165, 1.54) is 48.5 Å². The molecule has 4 aromatic rings. The third-order valence-electron chi connectivity index (χ3n) is 8.97. The van der Waals surface area contributed by atoms with Gasteiger partial charge in [0, 0.05) is 37.4 Å². The van der Waals surface area contributed by atoms with Crippen molar-refractivity contribution in [2.24, 2.45) is 0 Å². The summed E-state index contributed by atoms with van der Waals surface area (Å²) in [6, 6.07) is 25.9. The second-order valence-electron chi connectivity index (χ2n) is 13.0. The lowest BCUT2D eigenvalue weighted by Crippen LogP contribution is -2.26. The minimum atomic E-state index is -3.94. The summed E-state index contributed by atoms with van der Waals surface area (Å²) in [5.74, 6) is 2.32. The fourth-order valence-corrected chi connectivity index (χ4v) is 11.6. The molecule has 18 heteroatoms. The molecule has 0 bridgehead atoms. The highest BCUT2D eigenvalue weighted by Crippen LogP contribution is 2.66. The van der Waals surface area contributed by atoms with E-state index in [0.29, 0.717) is 86.1 Å². The molecule has 308 valence electrons. The van der Waals surface area contributed by atoms with Gasteiger partial charge in [0.2, 0.25) is 0 Å². The van der Waals surface area contributed by atoms with E-state index < -0.39 is 30.8 Å². The maximum atomic E-state index is 15.0. The lowest BCUT2D eigenvalue weighted by molar-refractivity contribution is -0.385. The molecule has 0 fully saturated rings.